The zero-order valence-corrected chi connectivity index (χ0v) is 20.8. The number of nitrogens with zero attached hydrogens (tertiary/aromatic N) is 3. The van der Waals surface area contributed by atoms with Gasteiger partial charge in [-0.05, 0) is 38.1 Å². The summed E-state index contributed by atoms with van der Waals surface area (Å²) in [6, 6.07) is 12.9. The second-order valence-corrected chi connectivity index (χ2v) is 8.36. The van der Waals surface area contributed by atoms with E-state index in [1.54, 1.807) is 19.9 Å². The maximum absolute atomic E-state index is 12.8. The third kappa shape index (κ3) is 10.5. The Bertz CT molecular complexity index is 1060. The summed E-state index contributed by atoms with van der Waals surface area (Å²) in [7, 11) is 0. The quantitative estimate of drug-likeness (QED) is 0.131. The minimum absolute atomic E-state index is 0.00902. The van der Waals surface area contributed by atoms with Crippen LogP contribution in [0, 0.1) is 20.2 Å². The summed E-state index contributed by atoms with van der Waals surface area (Å²) >= 11 is 0. The predicted octanol–water partition coefficient (Wildman–Crippen LogP) is 3.34. The molecule has 1 unspecified atom stereocenters. The monoisotopic (exact) mass is 521 g/mol. The molecule has 0 aliphatic carbocycles. The summed E-state index contributed by atoms with van der Waals surface area (Å²) in [5.41, 5.74) is 0. The molecule has 0 heterocycles. The summed E-state index contributed by atoms with van der Waals surface area (Å²) < 4.78 is 11.6. The van der Waals surface area contributed by atoms with Gasteiger partial charge in [-0.15, -0.1) is 20.2 Å². The number of hydrogen-bond donors (Lipinski definition) is 0. The maximum atomic E-state index is 12.8. The zero-order chi connectivity index (χ0) is 27.2. The third-order valence-electron chi connectivity index (χ3n) is 5.27. The Kier molecular flexibility index (Phi) is 11.8. The molecule has 2 aromatic carbocycles. The topological polar surface area (TPSA) is 161 Å². The number of carbonyl (C=O) groups excluding carboxylic acids is 2. The molecule has 13 nitrogen and oxygen atoms in total. The van der Waals surface area contributed by atoms with E-state index in [2.05, 4.69) is 9.68 Å². The average Bonchev–Trinajstić information content (AvgIpc) is 2.85. The zero-order valence-electron chi connectivity index (χ0n) is 20.8. The molecular formula is C24H31N3O10. The molecule has 0 N–H and O–H groups in total. The Labute approximate surface area is 213 Å². The van der Waals surface area contributed by atoms with E-state index >= 15 is 0 Å². The number of benzene rings is 2. The van der Waals surface area contributed by atoms with Crippen LogP contribution in [0.25, 0.3) is 10.8 Å². The largest absolute Gasteiger partial charge is 0.489 e. The number of rotatable bonds is 17. The minimum Gasteiger partial charge on any atom is -0.489 e. The van der Waals surface area contributed by atoms with Crippen molar-refractivity contribution in [1.29, 1.82) is 0 Å². The lowest BCUT2D eigenvalue weighted by molar-refractivity contribution is -0.757. The first-order valence-electron chi connectivity index (χ1n) is 11.8. The van der Waals surface area contributed by atoms with Gasteiger partial charge in [-0.1, -0.05) is 36.4 Å². The first-order chi connectivity index (χ1) is 17.7. The fraction of sp³-hybridized carbons (Fsp3) is 0.500. The van der Waals surface area contributed by atoms with Gasteiger partial charge in [-0.2, -0.15) is 0 Å². The van der Waals surface area contributed by atoms with Crippen LogP contribution in [0.4, 0.5) is 0 Å². The number of fused-ring (bicyclic) bond motifs is 1. The molecule has 0 bridgehead atoms. The fourth-order valence-corrected chi connectivity index (χ4v) is 3.55. The van der Waals surface area contributed by atoms with Gasteiger partial charge >= 0.3 is 5.97 Å². The van der Waals surface area contributed by atoms with Gasteiger partial charge in [0, 0.05) is 24.3 Å². The highest BCUT2D eigenvalue weighted by molar-refractivity contribution is 5.88. The smallest absolute Gasteiger partial charge is 0.306 e. The normalized spacial score (nSPS) is 11.5. The molecule has 37 heavy (non-hydrogen) atoms. The van der Waals surface area contributed by atoms with E-state index in [-0.39, 0.29) is 64.0 Å². The molecule has 0 aliphatic rings. The summed E-state index contributed by atoms with van der Waals surface area (Å²) in [5, 5.41) is 20.6. The van der Waals surface area contributed by atoms with E-state index in [9.17, 15) is 29.8 Å². The Balaban J connectivity index is 2.08. The predicted molar refractivity (Wildman–Crippen MR) is 131 cm³/mol. The summed E-state index contributed by atoms with van der Waals surface area (Å²) in [5.74, 6) is -0.320. The van der Waals surface area contributed by atoms with Gasteiger partial charge in [0.25, 0.3) is 10.2 Å². The molecular weight excluding hydrogens is 490 g/mol. The molecule has 2 rings (SSSR count). The first-order valence-corrected chi connectivity index (χ1v) is 11.8. The molecule has 0 saturated heterocycles. The van der Waals surface area contributed by atoms with E-state index in [1.807, 2.05) is 36.4 Å². The summed E-state index contributed by atoms with van der Waals surface area (Å²) in [6.45, 7) is 3.11. The number of hydrogen-bond acceptors (Lipinski definition) is 10. The van der Waals surface area contributed by atoms with Crippen molar-refractivity contribution >= 4 is 22.6 Å². The molecule has 0 aromatic heterocycles. The van der Waals surface area contributed by atoms with Crippen LogP contribution < -0.4 is 4.74 Å². The second kappa shape index (κ2) is 15.1. The number of amides is 1. The van der Waals surface area contributed by atoms with Crippen LogP contribution in [0.1, 0.15) is 39.5 Å². The molecule has 1 atom stereocenters. The van der Waals surface area contributed by atoms with Crippen molar-refractivity contribution in [3.05, 3.63) is 62.7 Å². The molecule has 13 heteroatoms. The molecule has 2 aromatic rings. The number of carbonyl (C=O) groups is 2. The Morgan fingerprint density at radius 3 is 2.19 bits per heavy atom. The second-order valence-electron chi connectivity index (χ2n) is 8.36. The van der Waals surface area contributed by atoms with Crippen LogP contribution in [0.3, 0.4) is 0 Å². The van der Waals surface area contributed by atoms with Crippen molar-refractivity contribution in [3.8, 4) is 5.75 Å². The molecule has 0 fully saturated rings. The summed E-state index contributed by atoms with van der Waals surface area (Å²) in [6.07, 6.45) is -0.720. The highest BCUT2D eigenvalue weighted by Gasteiger charge is 2.25. The van der Waals surface area contributed by atoms with E-state index < -0.39 is 22.2 Å². The van der Waals surface area contributed by atoms with Crippen LogP contribution in [-0.2, 0) is 24.0 Å². The van der Waals surface area contributed by atoms with Gasteiger partial charge in [0.15, 0.2) is 6.10 Å². The highest BCUT2D eigenvalue weighted by atomic mass is 17.0. The Morgan fingerprint density at radius 2 is 1.54 bits per heavy atom. The SMILES string of the molecule is CC(C)N(CC(COc1cccc2ccccc12)OC(=O)CCCO[N+](=O)[O-])C(=O)CCCO[N+](=O)[O-]. The molecule has 1 amide bonds. The van der Waals surface area contributed by atoms with Crippen molar-refractivity contribution in [2.24, 2.45) is 0 Å². The maximum Gasteiger partial charge on any atom is 0.306 e. The molecule has 0 saturated carbocycles. The highest BCUT2D eigenvalue weighted by Crippen LogP contribution is 2.25. The summed E-state index contributed by atoms with van der Waals surface area (Å²) in [4.78, 5) is 55.8. The molecule has 0 aliphatic heterocycles. The standard InChI is InChI=1S/C24H31N3O10/c1-18(2)25(23(28)12-6-14-35-26(30)31)16-20(37-24(29)13-7-15-36-27(32)33)17-34-22-11-5-9-19-8-3-4-10-21(19)22/h3-5,8-11,18,20H,6-7,12-17H2,1-2H3. The van der Waals surface area contributed by atoms with Crippen LogP contribution in [0.5, 0.6) is 5.75 Å². The van der Waals surface area contributed by atoms with E-state index in [4.69, 9.17) is 9.47 Å². The molecule has 0 spiro atoms. The van der Waals surface area contributed by atoms with Crippen molar-refractivity contribution in [2.75, 3.05) is 26.4 Å². The fourth-order valence-electron chi connectivity index (χ4n) is 3.55. The minimum atomic E-state index is -0.936. The van der Waals surface area contributed by atoms with Gasteiger partial charge in [0.2, 0.25) is 5.91 Å². The van der Waals surface area contributed by atoms with Gasteiger partial charge in [-0.3, -0.25) is 9.59 Å². The van der Waals surface area contributed by atoms with E-state index in [1.165, 1.54) is 4.90 Å². The van der Waals surface area contributed by atoms with E-state index in [0.717, 1.165) is 10.8 Å². The van der Waals surface area contributed by atoms with Crippen molar-refractivity contribution in [3.63, 3.8) is 0 Å². The van der Waals surface area contributed by atoms with Gasteiger partial charge in [0.05, 0.1) is 19.8 Å². The Hall–Kier alpha value is -4.16. The van der Waals surface area contributed by atoms with E-state index in [0.29, 0.717) is 5.75 Å². The lowest BCUT2D eigenvalue weighted by Crippen LogP contribution is -2.45. The van der Waals surface area contributed by atoms with Crippen LogP contribution >= 0.6 is 0 Å². The van der Waals surface area contributed by atoms with Gasteiger partial charge < -0.3 is 24.0 Å². The third-order valence-corrected chi connectivity index (χ3v) is 5.27. The molecule has 0 radical (unpaired) electrons. The lowest BCUT2D eigenvalue weighted by atomic mass is 10.1. The van der Waals surface area contributed by atoms with Gasteiger partial charge in [-0.25, -0.2) is 0 Å². The van der Waals surface area contributed by atoms with Crippen LogP contribution in [0.2, 0.25) is 0 Å². The number of ether oxygens (including phenoxy) is 2. The average molecular weight is 522 g/mol. The lowest BCUT2D eigenvalue weighted by Gasteiger charge is -2.31. The van der Waals surface area contributed by atoms with Gasteiger partial charge in [0.1, 0.15) is 12.4 Å². The van der Waals surface area contributed by atoms with Crippen LogP contribution in [0.15, 0.2) is 42.5 Å². The van der Waals surface area contributed by atoms with Crippen molar-refractivity contribution in [1.82, 2.24) is 4.90 Å². The first kappa shape index (κ1) is 29.1. The van der Waals surface area contributed by atoms with Crippen molar-refractivity contribution < 1.29 is 38.9 Å². The van der Waals surface area contributed by atoms with Crippen molar-refractivity contribution in [2.45, 2.75) is 51.7 Å². The van der Waals surface area contributed by atoms with Crippen LogP contribution in [-0.4, -0.2) is 65.5 Å². The number of esters is 1. The Morgan fingerprint density at radius 1 is 0.919 bits per heavy atom. The molecule has 202 valence electrons.